The number of hydrogen-bond donors (Lipinski definition) is 2. The van der Waals surface area contributed by atoms with Crippen molar-refractivity contribution in [3.05, 3.63) is 0 Å². The molecule has 5 heteroatoms. The standard InChI is InChI=1S/C25H41F3O2/c1-23-14-12-21-19(9-7-17-15-18(29)11-13-24(17,21)2)20(23)10-8-16(23)5-3-4-6-22(30)25(26,27)28/h16-22,29-30H,3-15H2,1-2H3/t16?,17?,18?,19-,20?,21?,22?,23?,24?/m0/s1. The van der Waals surface area contributed by atoms with Gasteiger partial charge in [0.25, 0.3) is 0 Å². The highest BCUT2D eigenvalue weighted by atomic mass is 19.4. The molecule has 30 heavy (non-hydrogen) atoms. The van der Waals surface area contributed by atoms with Crippen molar-refractivity contribution in [2.24, 2.45) is 40.4 Å². The molecule has 0 radical (unpaired) electrons. The maximum atomic E-state index is 12.5. The summed E-state index contributed by atoms with van der Waals surface area (Å²) in [6.07, 6.45) is 6.16. The predicted molar refractivity (Wildman–Crippen MR) is 112 cm³/mol. The number of fused-ring (bicyclic) bond motifs is 5. The van der Waals surface area contributed by atoms with Crippen LogP contribution in [0, 0.1) is 40.4 Å². The van der Waals surface area contributed by atoms with Gasteiger partial charge in [-0.2, -0.15) is 13.2 Å². The van der Waals surface area contributed by atoms with Gasteiger partial charge in [-0.3, -0.25) is 0 Å². The number of aliphatic hydroxyl groups excluding tert-OH is 2. The fraction of sp³-hybridized carbons (Fsp3) is 1.00. The molecular weight excluding hydrogens is 389 g/mol. The number of unbranched alkanes of at least 4 members (excludes halogenated alkanes) is 1. The minimum Gasteiger partial charge on any atom is -0.393 e. The van der Waals surface area contributed by atoms with Crippen LogP contribution in [0.5, 0.6) is 0 Å². The highest BCUT2D eigenvalue weighted by Gasteiger charge is 2.59. The largest absolute Gasteiger partial charge is 0.414 e. The summed E-state index contributed by atoms with van der Waals surface area (Å²) in [5, 5.41) is 19.4. The molecule has 174 valence electrons. The summed E-state index contributed by atoms with van der Waals surface area (Å²) in [5.41, 5.74) is 0.747. The zero-order chi connectivity index (χ0) is 21.7. The van der Waals surface area contributed by atoms with Gasteiger partial charge in [-0.25, -0.2) is 0 Å². The van der Waals surface area contributed by atoms with Crippen molar-refractivity contribution in [3.8, 4) is 0 Å². The van der Waals surface area contributed by atoms with Crippen molar-refractivity contribution in [2.45, 2.75) is 116 Å². The first kappa shape index (κ1) is 22.9. The minimum absolute atomic E-state index is 0.0970. The van der Waals surface area contributed by atoms with Crippen molar-refractivity contribution in [1.29, 1.82) is 0 Å². The molecule has 4 aliphatic carbocycles. The Balaban J connectivity index is 1.36. The Morgan fingerprint density at radius 2 is 1.60 bits per heavy atom. The lowest BCUT2D eigenvalue weighted by Crippen LogP contribution is -2.53. The van der Waals surface area contributed by atoms with E-state index in [9.17, 15) is 23.4 Å². The summed E-state index contributed by atoms with van der Waals surface area (Å²) in [7, 11) is 0. The van der Waals surface area contributed by atoms with Gasteiger partial charge < -0.3 is 10.2 Å². The van der Waals surface area contributed by atoms with Crippen molar-refractivity contribution >= 4 is 0 Å². The number of alkyl halides is 3. The maximum absolute atomic E-state index is 12.5. The van der Waals surface area contributed by atoms with E-state index in [0.29, 0.717) is 29.1 Å². The molecule has 0 spiro atoms. The zero-order valence-corrected chi connectivity index (χ0v) is 18.8. The Morgan fingerprint density at radius 3 is 2.33 bits per heavy atom. The van der Waals surface area contributed by atoms with E-state index in [0.717, 1.165) is 43.4 Å². The number of aliphatic hydroxyl groups is 2. The molecule has 0 heterocycles. The molecule has 4 rings (SSSR count). The number of rotatable bonds is 5. The van der Waals surface area contributed by atoms with Gasteiger partial charge in [-0.05, 0) is 111 Å². The Labute approximate surface area is 180 Å². The molecule has 9 atom stereocenters. The monoisotopic (exact) mass is 430 g/mol. The van der Waals surface area contributed by atoms with Crippen LogP contribution in [0.1, 0.15) is 97.3 Å². The molecule has 2 nitrogen and oxygen atoms in total. The topological polar surface area (TPSA) is 40.5 Å². The normalized spacial score (nSPS) is 47.3. The first-order chi connectivity index (χ1) is 14.1. The SMILES string of the molecule is CC12CCC3[C@@H](CCC4CC(O)CCC43C)C1CCC2CCCCC(O)C(F)(F)F. The van der Waals surface area contributed by atoms with E-state index in [1.54, 1.807) is 0 Å². The Morgan fingerprint density at radius 1 is 0.900 bits per heavy atom. The highest BCUT2D eigenvalue weighted by Crippen LogP contribution is 2.67. The molecule has 0 amide bonds. The van der Waals surface area contributed by atoms with E-state index in [1.807, 2.05) is 0 Å². The van der Waals surface area contributed by atoms with Gasteiger partial charge >= 0.3 is 6.18 Å². The summed E-state index contributed by atoms with van der Waals surface area (Å²) >= 11 is 0. The van der Waals surface area contributed by atoms with E-state index in [4.69, 9.17) is 0 Å². The third-order valence-electron chi connectivity index (χ3n) is 10.5. The highest BCUT2D eigenvalue weighted by molar-refractivity contribution is 5.09. The van der Waals surface area contributed by atoms with Gasteiger partial charge in [0.05, 0.1) is 6.10 Å². The molecule has 0 bridgehead atoms. The lowest BCUT2D eigenvalue weighted by Gasteiger charge is -2.61. The van der Waals surface area contributed by atoms with Crippen LogP contribution in [0.3, 0.4) is 0 Å². The minimum atomic E-state index is -4.48. The van der Waals surface area contributed by atoms with Crippen molar-refractivity contribution in [2.75, 3.05) is 0 Å². The molecule has 0 aromatic rings. The van der Waals surface area contributed by atoms with Crippen LogP contribution in [0.25, 0.3) is 0 Å². The second kappa shape index (κ2) is 8.24. The molecule has 8 unspecified atom stereocenters. The second-order valence-corrected chi connectivity index (χ2v) is 11.7. The second-order valence-electron chi connectivity index (χ2n) is 11.7. The summed E-state index contributed by atoms with van der Waals surface area (Å²) in [6.45, 7) is 5.00. The van der Waals surface area contributed by atoms with E-state index in [-0.39, 0.29) is 12.5 Å². The van der Waals surface area contributed by atoms with Crippen LogP contribution in [0.2, 0.25) is 0 Å². The number of halogens is 3. The summed E-state index contributed by atoms with van der Waals surface area (Å²) in [6, 6.07) is 0. The molecule has 4 aliphatic rings. The van der Waals surface area contributed by atoms with Crippen LogP contribution >= 0.6 is 0 Å². The fourth-order valence-corrected chi connectivity index (χ4v) is 8.71. The Kier molecular flexibility index (Phi) is 6.29. The molecule has 2 N–H and O–H groups in total. The van der Waals surface area contributed by atoms with Gasteiger partial charge in [-0.1, -0.05) is 26.7 Å². The van der Waals surface area contributed by atoms with Crippen LogP contribution in [0.4, 0.5) is 13.2 Å². The molecule has 0 aliphatic heterocycles. The van der Waals surface area contributed by atoms with Crippen molar-refractivity contribution in [1.82, 2.24) is 0 Å². The third kappa shape index (κ3) is 3.95. The lowest BCUT2D eigenvalue weighted by molar-refractivity contribution is -0.205. The van der Waals surface area contributed by atoms with Crippen LogP contribution < -0.4 is 0 Å². The van der Waals surface area contributed by atoms with Crippen LogP contribution in [-0.2, 0) is 0 Å². The summed E-state index contributed by atoms with van der Waals surface area (Å²) < 4.78 is 37.6. The van der Waals surface area contributed by atoms with Gasteiger partial charge in [-0.15, -0.1) is 0 Å². The average Bonchev–Trinajstić information content (AvgIpc) is 3.01. The molecule has 4 saturated carbocycles. The molecule has 0 saturated heterocycles. The van der Waals surface area contributed by atoms with Gasteiger partial charge in [0, 0.05) is 0 Å². The Bertz CT molecular complexity index is 608. The average molecular weight is 431 g/mol. The predicted octanol–water partition coefficient (Wildman–Crippen LogP) is 6.49. The molecule has 0 aromatic carbocycles. The smallest absolute Gasteiger partial charge is 0.393 e. The van der Waals surface area contributed by atoms with Crippen LogP contribution in [0.15, 0.2) is 0 Å². The quantitative estimate of drug-likeness (QED) is 0.490. The molecule has 4 fully saturated rings. The van der Waals surface area contributed by atoms with Crippen molar-refractivity contribution in [3.63, 3.8) is 0 Å². The molecular formula is C25H41F3O2. The van der Waals surface area contributed by atoms with Crippen LogP contribution in [-0.4, -0.2) is 28.6 Å². The van der Waals surface area contributed by atoms with E-state index >= 15 is 0 Å². The zero-order valence-electron chi connectivity index (χ0n) is 18.8. The van der Waals surface area contributed by atoms with E-state index < -0.39 is 12.3 Å². The fourth-order valence-electron chi connectivity index (χ4n) is 8.71. The Hall–Kier alpha value is -0.290. The van der Waals surface area contributed by atoms with Crippen molar-refractivity contribution < 1.29 is 23.4 Å². The summed E-state index contributed by atoms with van der Waals surface area (Å²) in [5.74, 6) is 3.68. The van der Waals surface area contributed by atoms with Gasteiger partial charge in [0.15, 0.2) is 0 Å². The van der Waals surface area contributed by atoms with Gasteiger partial charge in [0.2, 0.25) is 0 Å². The first-order valence-electron chi connectivity index (χ1n) is 12.5. The van der Waals surface area contributed by atoms with E-state index in [1.165, 1.54) is 44.9 Å². The summed E-state index contributed by atoms with van der Waals surface area (Å²) in [4.78, 5) is 0. The third-order valence-corrected chi connectivity index (χ3v) is 10.5. The number of hydrogen-bond acceptors (Lipinski definition) is 2. The molecule has 0 aromatic heterocycles. The van der Waals surface area contributed by atoms with E-state index in [2.05, 4.69) is 13.8 Å². The maximum Gasteiger partial charge on any atom is 0.414 e. The first-order valence-corrected chi connectivity index (χ1v) is 12.5. The lowest BCUT2D eigenvalue weighted by atomic mass is 9.44. The van der Waals surface area contributed by atoms with Gasteiger partial charge in [0.1, 0.15) is 6.10 Å².